The van der Waals surface area contributed by atoms with Crippen LogP contribution in [0.5, 0.6) is 0 Å². The van der Waals surface area contributed by atoms with Crippen LogP contribution >= 0.6 is 0 Å². The Balaban J connectivity index is 3.90. The van der Waals surface area contributed by atoms with Gasteiger partial charge in [-0.25, -0.2) is 4.79 Å². The zero-order valence-corrected chi connectivity index (χ0v) is 18.4. The number of ether oxygens (including phenoxy) is 1. The maximum Gasteiger partial charge on any atom is 0.426 e. The second kappa shape index (κ2) is 11.1. The van der Waals surface area contributed by atoms with E-state index in [-0.39, 0.29) is 34.4 Å². The molecule has 0 spiro atoms. The average molecular weight is 484 g/mol. The molecule has 0 aliphatic rings. The van der Waals surface area contributed by atoms with Crippen molar-refractivity contribution in [3.05, 3.63) is 22.3 Å². The van der Waals surface area contributed by atoms with Crippen LogP contribution in [0, 0.1) is 0 Å². The Morgan fingerprint density at radius 3 is 1.61 bits per heavy atom. The number of benzene rings is 1. The van der Waals surface area contributed by atoms with E-state index in [1.165, 1.54) is 0 Å². The number of anilines is 2. The monoisotopic (exact) mass is 484 g/mol. The number of esters is 1. The van der Waals surface area contributed by atoms with Crippen molar-refractivity contribution in [2.45, 2.75) is 45.1 Å². The largest absolute Gasteiger partial charge is 0.448 e. The minimum absolute atomic E-state index is 0.0863. The van der Waals surface area contributed by atoms with Crippen molar-refractivity contribution in [3.63, 3.8) is 0 Å². The number of hydrogen-bond acceptors (Lipinski definition) is 6. The lowest BCUT2D eigenvalue weighted by atomic mass is 9.79. The summed E-state index contributed by atoms with van der Waals surface area (Å²) in [5.41, 5.74) is -1.27. The van der Waals surface area contributed by atoms with Crippen LogP contribution in [0.15, 0.2) is 0 Å². The Bertz CT molecular complexity index is 1000. The molecule has 6 radical (unpaired) electrons. The lowest BCUT2D eigenvalue weighted by Gasteiger charge is -2.27. The summed E-state index contributed by atoms with van der Waals surface area (Å²) >= 11 is 0. The molecule has 0 fully saturated rings. The molecule has 0 saturated carbocycles. The molecule has 174 valence electrons. The third kappa shape index (κ3) is 7.52. The first-order valence-electron chi connectivity index (χ1n) is 9.16. The summed E-state index contributed by atoms with van der Waals surface area (Å²) in [5.74, 6) is -4.99. The first kappa shape index (κ1) is 28.6. The Labute approximate surface area is 192 Å². The Morgan fingerprint density at radius 1 is 0.939 bits per heavy atom. The maximum absolute atomic E-state index is 13.3. The zero-order valence-electron chi connectivity index (χ0n) is 17.6. The summed E-state index contributed by atoms with van der Waals surface area (Å²) in [6.45, 7) is 2.19. The predicted molar refractivity (Wildman–Crippen MR) is 115 cm³/mol. The molecule has 1 atom stereocenters. The molecule has 0 heterocycles. The summed E-state index contributed by atoms with van der Waals surface area (Å²) in [7, 11) is 11.9. The van der Waals surface area contributed by atoms with Gasteiger partial charge in [-0.2, -0.15) is 21.6 Å². The van der Waals surface area contributed by atoms with Crippen LogP contribution in [0.4, 0.5) is 24.5 Å². The second-order valence-electron chi connectivity index (χ2n) is 6.72. The van der Waals surface area contributed by atoms with E-state index in [0.717, 1.165) is 13.8 Å². The van der Waals surface area contributed by atoms with E-state index in [1.807, 2.05) is 0 Å². The van der Waals surface area contributed by atoms with Crippen molar-refractivity contribution < 1.29 is 45.3 Å². The predicted octanol–water partition coefficient (Wildman–Crippen LogP) is 0.584. The van der Waals surface area contributed by atoms with E-state index >= 15 is 0 Å². The van der Waals surface area contributed by atoms with Crippen LogP contribution in [0.25, 0.3) is 0 Å². The molecule has 1 aromatic carbocycles. The van der Waals surface area contributed by atoms with Gasteiger partial charge in [0.15, 0.2) is 0 Å². The molecule has 2 amide bonds. The molecular weight excluding hydrogens is 466 g/mol. The Kier molecular flexibility index (Phi) is 9.60. The van der Waals surface area contributed by atoms with Crippen molar-refractivity contribution in [1.82, 2.24) is 0 Å². The number of carbonyl (C=O) groups is 3. The molecule has 0 bridgehead atoms. The van der Waals surface area contributed by atoms with Crippen LogP contribution in [0.1, 0.15) is 40.9 Å². The molecule has 9 nitrogen and oxygen atoms in total. The van der Waals surface area contributed by atoms with Crippen LogP contribution < -0.4 is 10.6 Å². The molecule has 0 aromatic heterocycles. The minimum atomic E-state index is -5.37. The lowest BCUT2D eigenvalue weighted by Crippen LogP contribution is -2.40. The number of alkyl halides is 3. The lowest BCUT2D eigenvalue weighted by molar-refractivity contribution is -0.197. The highest BCUT2D eigenvalue weighted by molar-refractivity contribution is 7.85. The van der Waals surface area contributed by atoms with Crippen molar-refractivity contribution >= 4 is 62.8 Å². The molecule has 0 saturated heterocycles. The summed E-state index contributed by atoms with van der Waals surface area (Å²) < 4.78 is 75.1. The average Bonchev–Trinajstić information content (AvgIpc) is 2.64. The molecule has 0 aliphatic carbocycles. The van der Waals surface area contributed by atoms with Crippen molar-refractivity contribution in [2.24, 2.45) is 0 Å². The van der Waals surface area contributed by atoms with Crippen LogP contribution in [0.2, 0.25) is 0 Å². The van der Waals surface area contributed by atoms with Crippen molar-refractivity contribution in [1.29, 1.82) is 0 Å². The van der Waals surface area contributed by atoms with Crippen LogP contribution in [0.3, 0.4) is 0 Å². The van der Waals surface area contributed by atoms with Gasteiger partial charge in [0.2, 0.25) is 17.9 Å². The van der Waals surface area contributed by atoms with E-state index in [9.17, 15) is 36.0 Å². The summed E-state index contributed by atoms with van der Waals surface area (Å²) in [6.07, 6.45) is -9.95. The van der Waals surface area contributed by atoms with Crippen molar-refractivity contribution in [3.8, 4) is 0 Å². The summed E-state index contributed by atoms with van der Waals surface area (Å²) in [5, 5.41) is 4.74. The fourth-order valence-electron chi connectivity index (χ4n) is 3.01. The van der Waals surface area contributed by atoms with Gasteiger partial charge in [0, 0.05) is 25.2 Å². The number of hydrogen-bond donors (Lipinski definition) is 3. The highest BCUT2D eigenvalue weighted by Crippen LogP contribution is 2.38. The van der Waals surface area contributed by atoms with E-state index in [4.69, 9.17) is 28.1 Å². The van der Waals surface area contributed by atoms with Gasteiger partial charge in [-0.1, -0.05) is 19.0 Å². The normalized spacial score (nSPS) is 12.7. The van der Waals surface area contributed by atoms with Gasteiger partial charge in [-0.15, -0.1) is 0 Å². The van der Waals surface area contributed by atoms with Crippen LogP contribution in [-0.4, -0.2) is 72.3 Å². The molecule has 16 heteroatoms. The number of rotatable bonds is 9. The first-order valence-corrected chi connectivity index (χ1v) is 10.8. The third-order valence-electron chi connectivity index (χ3n) is 4.21. The minimum Gasteiger partial charge on any atom is -0.448 e. The van der Waals surface area contributed by atoms with Gasteiger partial charge in [0.05, 0.1) is 29.1 Å². The standard InChI is InChI=1S/C17H18B3F3N2O7S/c1-7(26)24-14-9(3-18)13(10(4-19)15(11(14)5-20)25-8(2)27)16(28)32-12(17(21,22)23)6-33(29,30)31/h12H,3-6H2,1-2H3,(H,24,26)(H,25,27)(H,29,30,31). The molecule has 33 heavy (non-hydrogen) atoms. The molecular formula is C17H18B3F3N2O7S. The van der Waals surface area contributed by atoms with E-state index in [2.05, 4.69) is 15.4 Å². The van der Waals surface area contributed by atoms with Gasteiger partial charge >= 0.3 is 12.1 Å². The van der Waals surface area contributed by atoms with Gasteiger partial charge in [0.1, 0.15) is 5.75 Å². The number of halogens is 3. The van der Waals surface area contributed by atoms with E-state index in [1.54, 1.807) is 0 Å². The number of carbonyl (C=O) groups excluding carboxylic acids is 3. The fraction of sp³-hybridized carbons (Fsp3) is 0.471. The van der Waals surface area contributed by atoms with Gasteiger partial charge in [0.25, 0.3) is 10.1 Å². The molecule has 0 aliphatic heterocycles. The van der Waals surface area contributed by atoms with E-state index in [0.29, 0.717) is 0 Å². The number of amides is 2. The second-order valence-corrected chi connectivity index (χ2v) is 8.22. The topological polar surface area (TPSA) is 139 Å². The van der Waals surface area contributed by atoms with E-state index < -0.39 is 64.1 Å². The van der Waals surface area contributed by atoms with Crippen molar-refractivity contribution in [2.75, 3.05) is 16.4 Å². The van der Waals surface area contributed by atoms with Crippen LogP contribution in [-0.2, 0) is 43.4 Å². The molecule has 3 N–H and O–H groups in total. The smallest absolute Gasteiger partial charge is 0.426 e. The van der Waals surface area contributed by atoms with Gasteiger partial charge in [-0.3, -0.25) is 14.1 Å². The summed E-state index contributed by atoms with van der Waals surface area (Å²) in [4.78, 5) is 36.3. The highest BCUT2D eigenvalue weighted by atomic mass is 32.2. The van der Waals surface area contributed by atoms with Gasteiger partial charge < -0.3 is 15.4 Å². The Hall–Kier alpha value is -2.48. The fourth-order valence-corrected chi connectivity index (χ4v) is 3.65. The maximum atomic E-state index is 13.3. The summed E-state index contributed by atoms with van der Waals surface area (Å²) in [6, 6.07) is 0. The third-order valence-corrected chi connectivity index (χ3v) is 4.93. The first-order chi connectivity index (χ1) is 15.1. The molecule has 1 unspecified atom stereocenters. The quantitative estimate of drug-likeness (QED) is 0.265. The number of nitrogens with one attached hydrogen (secondary N) is 2. The highest BCUT2D eigenvalue weighted by Gasteiger charge is 2.46. The zero-order chi connectivity index (χ0) is 25.7. The molecule has 1 rings (SSSR count). The van der Waals surface area contributed by atoms with Gasteiger partial charge in [-0.05, 0) is 16.7 Å². The Morgan fingerprint density at radius 2 is 1.33 bits per heavy atom. The molecule has 1 aromatic rings. The SMILES string of the molecule is [B]Cc1c(NC(C)=O)c(C[B])c(C(=O)OC(CS(=O)(=O)O)C(F)(F)F)c(C[B])c1NC(C)=O.